The van der Waals surface area contributed by atoms with Gasteiger partial charge in [-0.1, -0.05) is 6.07 Å². The molecule has 2 amide bonds. The minimum atomic E-state index is -0.136. The molecule has 4 aliphatic rings. The van der Waals surface area contributed by atoms with Crippen molar-refractivity contribution in [2.45, 2.75) is 51.2 Å². The fourth-order valence-electron chi connectivity index (χ4n) is 4.96. The van der Waals surface area contributed by atoms with E-state index < -0.39 is 0 Å². The summed E-state index contributed by atoms with van der Waals surface area (Å²) in [4.78, 5) is 27.2. The molecule has 2 aromatic rings. The van der Waals surface area contributed by atoms with Gasteiger partial charge in [0.15, 0.2) is 0 Å². The number of fused-ring (bicyclic) bond motifs is 3. The van der Waals surface area contributed by atoms with Crippen LogP contribution in [0.5, 0.6) is 17.2 Å². The number of nitrogens with zero attached hydrogens (tertiary/aromatic N) is 1. The van der Waals surface area contributed by atoms with Crippen LogP contribution in [-0.2, 0) is 11.2 Å². The zero-order chi connectivity index (χ0) is 22.5. The van der Waals surface area contributed by atoms with Crippen LogP contribution >= 0.6 is 0 Å². The van der Waals surface area contributed by atoms with Gasteiger partial charge in [0.05, 0.1) is 19.2 Å². The Kier molecular flexibility index (Phi) is 4.93. The molecule has 7 nitrogen and oxygen atoms in total. The monoisotopic (exact) mass is 448 g/mol. The lowest BCUT2D eigenvalue weighted by molar-refractivity contribution is -0.116. The molecule has 0 radical (unpaired) electrons. The molecule has 0 bridgehead atoms. The summed E-state index contributed by atoms with van der Waals surface area (Å²) >= 11 is 0. The van der Waals surface area contributed by atoms with E-state index in [0.29, 0.717) is 61.3 Å². The fourth-order valence-corrected chi connectivity index (χ4v) is 4.96. The highest BCUT2D eigenvalue weighted by atomic mass is 16.5. The largest absolute Gasteiger partial charge is 0.492 e. The van der Waals surface area contributed by atoms with Gasteiger partial charge in [-0.3, -0.25) is 9.59 Å². The normalized spacial score (nSPS) is 23.6. The molecule has 33 heavy (non-hydrogen) atoms. The Morgan fingerprint density at radius 2 is 2.03 bits per heavy atom. The van der Waals surface area contributed by atoms with Gasteiger partial charge < -0.3 is 24.4 Å². The number of carbonyl (C=O) groups is 2. The van der Waals surface area contributed by atoms with Crippen molar-refractivity contribution in [3.8, 4) is 17.2 Å². The van der Waals surface area contributed by atoms with Crippen molar-refractivity contribution in [3.63, 3.8) is 0 Å². The number of rotatable bonds is 5. The van der Waals surface area contributed by atoms with Gasteiger partial charge in [0, 0.05) is 24.6 Å². The summed E-state index contributed by atoms with van der Waals surface area (Å²) in [5.41, 5.74) is 3.49. The second-order valence-corrected chi connectivity index (χ2v) is 9.66. The summed E-state index contributed by atoms with van der Waals surface area (Å²) in [6, 6.07) is 9.65. The topological polar surface area (TPSA) is 77.1 Å². The molecule has 2 fully saturated rings. The Bertz CT molecular complexity index is 1130. The maximum Gasteiger partial charge on any atom is 0.261 e. The first-order valence-corrected chi connectivity index (χ1v) is 11.8. The van der Waals surface area contributed by atoms with E-state index >= 15 is 0 Å². The van der Waals surface area contributed by atoms with Crippen LogP contribution in [0.4, 0.5) is 5.69 Å². The molecule has 7 heteroatoms. The van der Waals surface area contributed by atoms with E-state index in [0.717, 1.165) is 23.2 Å². The molecule has 0 unspecified atom stereocenters. The van der Waals surface area contributed by atoms with E-state index in [9.17, 15) is 9.59 Å². The van der Waals surface area contributed by atoms with Crippen LogP contribution in [0.25, 0.3) is 0 Å². The third kappa shape index (κ3) is 4.01. The molecule has 0 spiro atoms. The number of anilines is 1. The second-order valence-electron chi connectivity index (χ2n) is 9.66. The van der Waals surface area contributed by atoms with Crippen molar-refractivity contribution in [1.82, 2.24) is 4.90 Å². The van der Waals surface area contributed by atoms with Crippen molar-refractivity contribution in [1.29, 1.82) is 0 Å². The molecule has 1 saturated heterocycles. The van der Waals surface area contributed by atoms with Crippen LogP contribution in [0.15, 0.2) is 30.3 Å². The van der Waals surface area contributed by atoms with Gasteiger partial charge in [-0.05, 0) is 61.4 Å². The molecular weight excluding hydrogens is 420 g/mol. The third-order valence-electron chi connectivity index (χ3n) is 6.94. The Morgan fingerprint density at radius 1 is 1.15 bits per heavy atom. The van der Waals surface area contributed by atoms with Gasteiger partial charge in [0.1, 0.15) is 35.5 Å². The molecule has 2 aromatic carbocycles. The number of aryl methyl sites for hydroxylation is 2. The molecule has 3 heterocycles. The third-order valence-corrected chi connectivity index (χ3v) is 6.94. The van der Waals surface area contributed by atoms with Crippen LogP contribution in [0.1, 0.15) is 47.2 Å². The van der Waals surface area contributed by atoms with Crippen molar-refractivity contribution in [3.05, 3.63) is 47.0 Å². The Morgan fingerprint density at radius 3 is 2.88 bits per heavy atom. The van der Waals surface area contributed by atoms with Crippen LogP contribution < -0.4 is 19.5 Å². The highest BCUT2D eigenvalue weighted by Gasteiger charge is 2.41. The first-order chi connectivity index (χ1) is 16.0. The molecule has 1 saturated carbocycles. The van der Waals surface area contributed by atoms with E-state index in [1.54, 1.807) is 0 Å². The van der Waals surface area contributed by atoms with Crippen molar-refractivity contribution in [2.24, 2.45) is 5.92 Å². The lowest BCUT2D eigenvalue weighted by Gasteiger charge is -2.21. The molecule has 172 valence electrons. The van der Waals surface area contributed by atoms with E-state index in [1.165, 1.54) is 12.8 Å². The minimum absolute atomic E-state index is 0.0326. The van der Waals surface area contributed by atoms with Gasteiger partial charge in [0.25, 0.3) is 5.91 Å². The maximum absolute atomic E-state index is 13.6. The number of hydrogen-bond donors (Lipinski definition) is 1. The average Bonchev–Trinajstić information content (AvgIpc) is 3.55. The Hall–Kier alpha value is -3.22. The first-order valence-electron chi connectivity index (χ1n) is 11.8. The molecule has 3 aliphatic heterocycles. The van der Waals surface area contributed by atoms with Crippen molar-refractivity contribution >= 4 is 17.5 Å². The lowest BCUT2D eigenvalue weighted by atomic mass is 10.0. The fraction of sp³-hybridized carbons (Fsp3) is 0.462. The number of benzene rings is 2. The lowest BCUT2D eigenvalue weighted by Crippen LogP contribution is -2.37. The number of ether oxygens (including phenoxy) is 3. The van der Waals surface area contributed by atoms with Gasteiger partial charge in [0.2, 0.25) is 5.91 Å². The highest BCUT2D eigenvalue weighted by molar-refractivity contribution is 6.00. The summed E-state index contributed by atoms with van der Waals surface area (Å²) < 4.78 is 18.4. The van der Waals surface area contributed by atoms with Crippen LogP contribution in [-0.4, -0.2) is 48.6 Å². The molecule has 1 aliphatic carbocycles. The number of hydrogen-bond acceptors (Lipinski definition) is 5. The predicted octanol–water partition coefficient (Wildman–Crippen LogP) is 3.72. The molecule has 0 aromatic heterocycles. The van der Waals surface area contributed by atoms with E-state index in [2.05, 4.69) is 5.32 Å². The standard InChI is InChI=1S/C26H28N2O5/c1-15-8-22(31-13-16-2-3-16)25-23(9-15)32-14-18-10-20(12-28(18)26(25)30)33-19-6-4-17-5-7-24(29)27-21(17)11-19/h4,6,8-9,11,16,18,20H,2-3,5,7,10,12-14H2,1H3,(H,27,29)/t18-,20+/m1/s1. The summed E-state index contributed by atoms with van der Waals surface area (Å²) in [6.07, 6.45) is 4.21. The summed E-state index contributed by atoms with van der Waals surface area (Å²) in [6.45, 7) is 3.57. The van der Waals surface area contributed by atoms with E-state index in [-0.39, 0.29) is 24.0 Å². The smallest absolute Gasteiger partial charge is 0.261 e. The predicted molar refractivity (Wildman–Crippen MR) is 122 cm³/mol. The highest BCUT2D eigenvalue weighted by Crippen LogP contribution is 2.39. The molecule has 1 N–H and O–H groups in total. The zero-order valence-corrected chi connectivity index (χ0v) is 18.8. The van der Waals surface area contributed by atoms with Gasteiger partial charge >= 0.3 is 0 Å². The number of amides is 2. The minimum Gasteiger partial charge on any atom is -0.492 e. The zero-order valence-electron chi connectivity index (χ0n) is 18.8. The molecular formula is C26H28N2O5. The van der Waals surface area contributed by atoms with Crippen LogP contribution in [0.2, 0.25) is 0 Å². The van der Waals surface area contributed by atoms with E-state index in [1.807, 2.05) is 42.2 Å². The first kappa shape index (κ1) is 20.4. The van der Waals surface area contributed by atoms with Crippen molar-refractivity contribution in [2.75, 3.05) is 25.1 Å². The summed E-state index contributed by atoms with van der Waals surface area (Å²) in [7, 11) is 0. The quantitative estimate of drug-likeness (QED) is 0.754. The SMILES string of the molecule is Cc1cc(OCC2CC2)c2c(c1)OC[C@H]1C[C@H](Oc3ccc4c(c3)NC(=O)CC4)CN1C2=O. The number of carbonyl (C=O) groups excluding carboxylic acids is 2. The summed E-state index contributed by atoms with van der Waals surface area (Å²) in [5.74, 6) is 2.52. The maximum atomic E-state index is 13.6. The van der Waals surface area contributed by atoms with E-state index in [4.69, 9.17) is 14.2 Å². The second kappa shape index (κ2) is 7.97. The Labute approximate surface area is 193 Å². The average molecular weight is 449 g/mol. The Balaban J connectivity index is 1.20. The number of nitrogens with one attached hydrogen (secondary N) is 1. The summed E-state index contributed by atoms with van der Waals surface area (Å²) in [5, 5.41) is 2.92. The van der Waals surface area contributed by atoms with Gasteiger partial charge in [-0.25, -0.2) is 0 Å². The van der Waals surface area contributed by atoms with Crippen LogP contribution in [0.3, 0.4) is 0 Å². The molecule has 2 atom stereocenters. The van der Waals surface area contributed by atoms with Gasteiger partial charge in [-0.15, -0.1) is 0 Å². The van der Waals surface area contributed by atoms with Crippen LogP contribution in [0, 0.1) is 12.8 Å². The van der Waals surface area contributed by atoms with Crippen molar-refractivity contribution < 1.29 is 23.8 Å². The van der Waals surface area contributed by atoms with Gasteiger partial charge in [-0.2, -0.15) is 0 Å². The molecule has 6 rings (SSSR count).